The SMILES string of the molecule is CCC(C(=O)NC(C)C)n1c(C)nc2cccc(C)c2c1=N. The fourth-order valence-corrected chi connectivity index (χ4v) is 2.81. The summed E-state index contributed by atoms with van der Waals surface area (Å²) in [5.74, 6) is 0.627. The number of nitrogens with one attached hydrogen (secondary N) is 2. The van der Waals surface area contributed by atoms with Gasteiger partial charge < -0.3 is 9.88 Å². The highest BCUT2D eigenvalue weighted by Crippen LogP contribution is 2.17. The van der Waals surface area contributed by atoms with E-state index in [0.29, 0.717) is 17.7 Å². The first-order chi connectivity index (χ1) is 10.4. The van der Waals surface area contributed by atoms with Gasteiger partial charge in [-0.1, -0.05) is 19.1 Å². The molecule has 0 aliphatic carbocycles. The second-order valence-corrected chi connectivity index (χ2v) is 5.93. The second-order valence-electron chi connectivity index (χ2n) is 5.93. The topological polar surface area (TPSA) is 70.8 Å². The first kappa shape index (κ1) is 16.2. The maximum absolute atomic E-state index is 12.5. The highest BCUT2D eigenvalue weighted by molar-refractivity contribution is 5.83. The van der Waals surface area contributed by atoms with Crippen molar-refractivity contribution in [2.75, 3.05) is 0 Å². The second kappa shape index (κ2) is 6.30. The van der Waals surface area contributed by atoms with E-state index < -0.39 is 6.04 Å². The van der Waals surface area contributed by atoms with Gasteiger partial charge in [0.1, 0.15) is 17.4 Å². The standard InChI is InChI=1S/C17H24N4O/c1-6-14(17(22)19-10(2)3)21-12(5)20-13-9-7-8-11(4)15(13)16(21)18/h7-10,14,18H,6H2,1-5H3,(H,19,22). The van der Waals surface area contributed by atoms with E-state index in [1.165, 1.54) is 0 Å². The average molecular weight is 300 g/mol. The summed E-state index contributed by atoms with van der Waals surface area (Å²) < 4.78 is 1.74. The van der Waals surface area contributed by atoms with Gasteiger partial charge in [-0.05, 0) is 45.7 Å². The molecule has 0 saturated carbocycles. The Morgan fingerprint density at radius 2 is 2.05 bits per heavy atom. The Morgan fingerprint density at radius 1 is 1.36 bits per heavy atom. The van der Waals surface area contributed by atoms with Gasteiger partial charge in [-0.15, -0.1) is 0 Å². The van der Waals surface area contributed by atoms with Crippen LogP contribution in [0.25, 0.3) is 10.9 Å². The third-order valence-corrected chi connectivity index (χ3v) is 3.79. The monoisotopic (exact) mass is 300 g/mol. The Morgan fingerprint density at radius 3 is 2.64 bits per heavy atom. The molecule has 1 unspecified atom stereocenters. The zero-order chi connectivity index (χ0) is 16.4. The molecule has 0 radical (unpaired) electrons. The van der Waals surface area contributed by atoms with Crippen LogP contribution in [0.15, 0.2) is 18.2 Å². The van der Waals surface area contributed by atoms with Crippen LogP contribution in [0.2, 0.25) is 0 Å². The normalized spacial score (nSPS) is 12.6. The van der Waals surface area contributed by atoms with Gasteiger partial charge in [0.25, 0.3) is 0 Å². The van der Waals surface area contributed by atoms with Gasteiger partial charge in [-0.3, -0.25) is 10.2 Å². The molecule has 0 spiro atoms. The van der Waals surface area contributed by atoms with Crippen molar-refractivity contribution in [1.29, 1.82) is 5.41 Å². The van der Waals surface area contributed by atoms with E-state index in [0.717, 1.165) is 16.5 Å². The average Bonchev–Trinajstić information content (AvgIpc) is 2.42. The number of hydrogen-bond acceptors (Lipinski definition) is 3. The molecule has 1 amide bonds. The van der Waals surface area contributed by atoms with E-state index in [9.17, 15) is 4.79 Å². The highest BCUT2D eigenvalue weighted by atomic mass is 16.2. The summed E-state index contributed by atoms with van der Waals surface area (Å²) in [6.07, 6.45) is 0.620. The molecule has 118 valence electrons. The van der Waals surface area contributed by atoms with Gasteiger partial charge in [0, 0.05) is 11.4 Å². The highest BCUT2D eigenvalue weighted by Gasteiger charge is 2.22. The van der Waals surface area contributed by atoms with Crippen LogP contribution in [0, 0.1) is 19.3 Å². The predicted octanol–water partition coefficient (Wildman–Crippen LogP) is 2.61. The summed E-state index contributed by atoms with van der Waals surface area (Å²) in [6, 6.07) is 5.48. The van der Waals surface area contributed by atoms with Crippen LogP contribution in [0.4, 0.5) is 0 Å². The van der Waals surface area contributed by atoms with Crippen LogP contribution in [0.3, 0.4) is 0 Å². The van der Waals surface area contributed by atoms with Crippen LogP contribution in [0.1, 0.15) is 44.6 Å². The maximum atomic E-state index is 12.5. The molecule has 1 atom stereocenters. The van der Waals surface area contributed by atoms with E-state index in [2.05, 4.69) is 10.3 Å². The third-order valence-electron chi connectivity index (χ3n) is 3.79. The van der Waals surface area contributed by atoms with Gasteiger partial charge in [0.15, 0.2) is 0 Å². The van der Waals surface area contributed by atoms with Crippen molar-refractivity contribution in [1.82, 2.24) is 14.9 Å². The number of fused-ring (bicyclic) bond motifs is 1. The minimum absolute atomic E-state index is 0.0613. The lowest BCUT2D eigenvalue weighted by Crippen LogP contribution is -2.41. The summed E-state index contributed by atoms with van der Waals surface area (Å²) in [5.41, 5.74) is 2.16. The Balaban J connectivity index is 2.66. The summed E-state index contributed by atoms with van der Waals surface area (Å²) in [7, 11) is 0. The van der Waals surface area contributed by atoms with Crippen molar-refractivity contribution < 1.29 is 4.79 Å². The first-order valence-electron chi connectivity index (χ1n) is 7.70. The number of hydrogen-bond donors (Lipinski definition) is 2. The van der Waals surface area contributed by atoms with Gasteiger partial charge >= 0.3 is 0 Å². The minimum atomic E-state index is -0.411. The molecule has 0 bridgehead atoms. The molecule has 0 aliphatic heterocycles. The third kappa shape index (κ3) is 2.89. The zero-order valence-corrected chi connectivity index (χ0v) is 13.9. The molecule has 2 rings (SSSR count). The number of carbonyl (C=O) groups is 1. The van der Waals surface area contributed by atoms with Crippen molar-refractivity contribution in [3.05, 3.63) is 35.1 Å². The summed E-state index contributed by atoms with van der Waals surface area (Å²) in [5, 5.41) is 12.3. The van der Waals surface area contributed by atoms with Crippen LogP contribution >= 0.6 is 0 Å². The molecule has 5 heteroatoms. The number of benzene rings is 1. The fourth-order valence-electron chi connectivity index (χ4n) is 2.81. The minimum Gasteiger partial charge on any atom is -0.352 e. The van der Waals surface area contributed by atoms with E-state index in [1.54, 1.807) is 4.57 Å². The van der Waals surface area contributed by atoms with Crippen LogP contribution < -0.4 is 10.8 Å². The van der Waals surface area contributed by atoms with Gasteiger partial charge in [-0.25, -0.2) is 4.98 Å². The molecule has 2 N–H and O–H groups in total. The Labute approximate surface area is 130 Å². The van der Waals surface area contributed by atoms with E-state index in [1.807, 2.05) is 52.8 Å². The van der Waals surface area contributed by atoms with E-state index in [-0.39, 0.29) is 11.9 Å². The summed E-state index contributed by atoms with van der Waals surface area (Å²) in [4.78, 5) is 17.1. The lowest BCUT2D eigenvalue weighted by atomic mass is 10.1. The number of aryl methyl sites for hydroxylation is 2. The largest absolute Gasteiger partial charge is 0.352 e. The Bertz CT molecular complexity index is 761. The molecule has 0 saturated heterocycles. The van der Waals surface area contributed by atoms with Crippen LogP contribution in [-0.4, -0.2) is 21.5 Å². The number of nitrogens with zero attached hydrogens (tertiary/aromatic N) is 2. The molecule has 0 aliphatic rings. The van der Waals surface area contributed by atoms with E-state index >= 15 is 0 Å². The Kier molecular flexibility index (Phi) is 4.64. The van der Waals surface area contributed by atoms with Crippen LogP contribution in [0.5, 0.6) is 0 Å². The lowest BCUT2D eigenvalue weighted by Gasteiger charge is -2.23. The molecular weight excluding hydrogens is 276 g/mol. The molecular formula is C17H24N4O. The number of rotatable bonds is 4. The fraction of sp³-hybridized carbons (Fsp3) is 0.471. The quantitative estimate of drug-likeness (QED) is 0.911. The molecule has 1 aromatic carbocycles. The molecule has 22 heavy (non-hydrogen) atoms. The van der Waals surface area contributed by atoms with Gasteiger partial charge in [-0.2, -0.15) is 0 Å². The van der Waals surface area contributed by atoms with Crippen molar-refractivity contribution in [2.24, 2.45) is 0 Å². The van der Waals surface area contributed by atoms with E-state index in [4.69, 9.17) is 5.41 Å². The number of amides is 1. The summed E-state index contributed by atoms with van der Waals surface area (Å²) >= 11 is 0. The predicted molar refractivity (Wildman–Crippen MR) is 87.7 cm³/mol. The van der Waals surface area contributed by atoms with Crippen molar-refractivity contribution in [3.8, 4) is 0 Å². The molecule has 1 heterocycles. The zero-order valence-electron chi connectivity index (χ0n) is 13.9. The van der Waals surface area contributed by atoms with Gasteiger partial charge in [0.2, 0.25) is 5.91 Å². The smallest absolute Gasteiger partial charge is 0.243 e. The molecule has 2 aromatic rings. The molecule has 0 fully saturated rings. The van der Waals surface area contributed by atoms with Crippen molar-refractivity contribution in [3.63, 3.8) is 0 Å². The van der Waals surface area contributed by atoms with Gasteiger partial charge in [0.05, 0.1) is 5.52 Å². The number of carbonyl (C=O) groups excluding carboxylic acids is 1. The molecule has 1 aromatic heterocycles. The molecule has 5 nitrogen and oxygen atoms in total. The number of aromatic nitrogens is 2. The van der Waals surface area contributed by atoms with Crippen molar-refractivity contribution in [2.45, 2.75) is 53.1 Å². The lowest BCUT2D eigenvalue weighted by molar-refractivity contribution is -0.125. The van der Waals surface area contributed by atoms with Crippen molar-refractivity contribution >= 4 is 16.8 Å². The van der Waals surface area contributed by atoms with Crippen LogP contribution in [-0.2, 0) is 4.79 Å². The Hall–Kier alpha value is -2.17. The first-order valence-corrected chi connectivity index (χ1v) is 7.70. The summed E-state index contributed by atoms with van der Waals surface area (Å²) in [6.45, 7) is 9.65. The maximum Gasteiger partial charge on any atom is 0.243 e.